The second-order valence-corrected chi connectivity index (χ2v) is 6.34. The number of nitrogens with zero attached hydrogens (tertiary/aromatic N) is 1. The zero-order valence-electron chi connectivity index (χ0n) is 12.8. The summed E-state index contributed by atoms with van der Waals surface area (Å²) in [6, 6.07) is 7.04. The predicted molar refractivity (Wildman–Crippen MR) is 80.5 cm³/mol. The first-order valence-corrected chi connectivity index (χ1v) is 7.61. The molecule has 1 unspecified atom stereocenters. The molecule has 1 fully saturated rings. The molecule has 1 aliphatic rings. The molecule has 0 radical (unpaired) electrons. The van der Waals surface area contributed by atoms with Crippen molar-refractivity contribution >= 4 is 5.97 Å². The third kappa shape index (κ3) is 4.27. The molecule has 1 N–H and O–H groups in total. The number of carbonyl (C=O) groups is 1. The number of benzene rings is 1. The van der Waals surface area contributed by atoms with Crippen LogP contribution in [0.15, 0.2) is 24.3 Å². The van der Waals surface area contributed by atoms with Gasteiger partial charge in [0.15, 0.2) is 0 Å². The summed E-state index contributed by atoms with van der Waals surface area (Å²) in [4.78, 5) is 12.9. The van der Waals surface area contributed by atoms with Gasteiger partial charge in [-0.1, -0.05) is 12.1 Å². The highest BCUT2D eigenvalue weighted by Gasteiger charge is 2.30. The average molecular weight is 293 g/mol. The molecular weight excluding hydrogens is 269 g/mol. The lowest BCUT2D eigenvalue weighted by molar-refractivity contribution is -0.138. The van der Waals surface area contributed by atoms with Crippen molar-refractivity contribution in [1.82, 2.24) is 4.90 Å². The Labute approximate surface area is 125 Å². The van der Waals surface area contributed by atoms with Gasteiger partial charge in [0.2, 0.25) is 0 Å². The van der Waals surface area contributed by atoms with Gasteiger partial charge in [0.05, 0.1) is 0 Å². The number of rotatable bonds is 5. The van der Waals surface area contributed by atoms with Crippen LogP contribution in [0.4, 0.5) is 4.39 Å². The average Bonchev–Trinajstić information content (AvgIpc) is 2.40. The topological polar surface area (TPSA) is 40.5 Å². The van der Waals surface area contributed by atoms with Crippen LogP contribution in [0, 0.1) is 17.7 Å². The van der Waals surface area contributed by atoms with E-state index < -0.39 is 5.97 Å². The van der Waals surface area contributed by atoms with Gasteiger partial charge in [0.1, 0.15) is 5.82 Å². The number of aliphatic carboxylic acids is 1. The van der Waals surface area contributed by atoms with Crippen LogP contribution in [-0.2, 0) is 4.79 Å². The third-order valence-corrected chi connectivity index (χ3v) is 4.55. The highest BCUT2D eigenvalue weighted by Crippen LogP contribution is 2.40. The SMILES string of the molecule is CN(C)C(c1cccc(F)c1)C1CCC(CC(=O)O)CC1. The third-order valence-electron chi connectivity index (χ3n) is 4.55. The fourth-order valence-corrected chi connectivity index (χ4v) is 3.64. The van der Waals surface area contributed by atoms with Gasteiger partial charge < -0.3 is 10.0 Å². The second kappa shape index (κ2) is 7.03. The number of carboxylic acids is 1. The van der Waals surface area contributed by atoms with Crippen molar-refractivity contribution in [2.45, 2.75) is 38.1 Å². The molecule has 0 saturated heterocycles. The van der Waals surface area contributed by atoms with E-state index in [1.54, 1.807) is 12.1 Å². The molecular formula is C17H24FNO2. The molecule has 0 amide bonds. The summed E-state index contributed by atoms with van der Waals surface area (Å²) in [5, 5.41) is 8.89. The number of halogens is 1. The number of hydrogen-bond acceptors (Lipinski definition) is 2. The molecule has 3 nitrogen and oxygen atoms in total. The summed E-state index contributed by atoms with van der Waals surface area (Å²) >= 11 is 0. The Balaban J connectivity index is 2.06. The molecule has 1 aliphatic carbocycles. The van der Waals surface area contributed by atoms with Crippen molar-refractivity contribution in [3.63, 3.8) is 0 Å². The molecule has 1 aromatic carbocycles. The molecule has 4 heteroatoms. The van der Waals surface area contributed by atoms with Crippen LogP contribution in [0.25, 0.3) is 0 Å². The van der Waals surface area contributed by atoms with Crippen LogP contribution in [-0.4, -0.2) is 30.1 Å². The molecule has 0 spiro atoms. The lowest BCUT2D eigenvalue weighted by Crippen LogP contribution is -2.30. The monoisotopic (exact) mass is 293 g/mol. The maximum absolute atomic E-state index is 13.5. The van der Waals surface area contributed by atoms with Crippen molar-refractivity contribution in [3.05, 3.63) is 35.6 Å². The summed E-state index contributed by atoms with van der Waals surface area (Å²) in [7, 11) is 4.05. The summed E-state index contributed by atoms with van der Waals surface area (Å²) in [6.45, 7) is 0. The molecule has 1 saturated carbocycles. The van der Waals surface area contributed by atoms with E-state index in [0.717, 1.165) is 31.2 Å². The second-order valence-electron chi connectivity index (χ2n) is 6.34. The van der Waals surface area contributed by atoms with E-state index >= 15 is 0 Å². The maximum Gasteiger partial charge on any atom is 0.303 e. The Hall–Kier alpha value is -1.42. The lowest BCUT2D eigenvalue weighted by atomic mass is 9.75. The maximum atomic E-state index is 13.5. The zero-order valence-corrected chi connectivity index (χ0v) is 12.8. The Kier molecular flexibility index (Phi) is 5.34. The molecule has 1 atom stereocenters. The standard InChI is InChI=1S/C17H24FNO2/c1-19(2)17(14-4-3-5-15(18)11-14)13-8-6-12(7-9-13)10-16(20)21/h3-5,11-13,17H,6-10H2,1-2H3,(H,20,21). The van der Waals surface area contributed by atoms with Gasteiger partial charge >= 0.3 is 5.97 Å². The van der Waals surface area contributed by atoms with Crippen molar-refractivity contribution in [1.29, 1.82) is 0 Å². The van der Waals surface area contributed by atoms with Crippen LogP contribution in [0.2, 0.25) is 0 Å². The first-order chi connectivity index (χ1) is 9.97. The van der Waals surface area contributed by atoms with Gasteiger partial charge in [0.25, 0.3) is 0 Å². The van der Waals surface area contributed by atoms with E-state index in [4.69, 9.17) is 5.11 Å². The summed E-state index contributed by atoms with van der Waals surface area (Å²) in [5.41, 5.74) is 1.02. The summed E-state index contributed by atoms with van der Waals surface area (Å²) < 4.78 is 13.5. The molecule has 0 bridgehead atoms. The zero-order chi connectivity index (χ0) is 15.4. The minimum absolute atomic E-state index is 0.195. The smallest absolute Gasteiger partial charge is 0.303 e. The van der Waals surface area contributed by atoms with Gasteiger partial charge in [-0.25, -0.2) is 4.39 Å². The molecule has 21 heavy (non-hydrogen) atoms. The van der Waals surface area contributed by atoms with Crippen LogP contribution >= 0.6 is 0 Å². The van der Waals surface area contributed by atoms with Crippen LogP contribution < -0.4 is 0 Å². The Morgan fingerprint density at radius 3 is 2.52 bits per heavy atom. The highest BCUT2D eigenvalue weighted by atomic mass is 19.1. The van der Waals surface area contributed by atoms with E-state index in [1.807, 2.05) is 20.2 Å². The lowest BCUT2D eigenvalue weighted by Gasteiger charge is -2.37. The Morgan fingerprint density at radius 1 is 1.33 bits per heavy atom. The number of carboxylic acid groups (broad SMARTS) is 1. The Morgan fingerprint density at radius 2 is 2.00 bits per heavy atom. The van der Waals surface area contributed by atoms with Gasteiger partial charge in [-0.05, 0) is 69.3 Å². The minimum Gasteiger partial charge on any atom is -0.481 e. The van der Waals surface area contributed by atoms with Gasteiger partial charge in [-0.3, -0.25) is 4.79 Å². The molecule has 0 aromatic heterocycles. The molecule has 0 heterocycles. The van der Waals surface area contributed by atoms with Crippen LogP contribution in [0.3, 0.4) is 0 Å². The number of hydrogen-bond donors (Lipinski definition) is 1. The molecule has 1 aromatic rings. The molecule has 116 valence electrons. The van der Waals surface area contributed by atoms with Crippen molar-refractivity contribution in [3.8, 4) is 0 Å². The van der Waals surface area contributed by atoms with Crippen LogP contribution in [0.5, 0.6) is 0 Å². The quantitative estimate of drug-likeness (QED) is 0.899. The molecule has 0 aliphatic heterocycles. The first kappa shape index (κ1) is 16.0. The fraction of sp³-hybridized carbons (Fsp3) is 0.588. The van der Waals surface area contributed by atoms with Gasteiger partial charge in [0, 0.05) is 12.5 Å². The van der Waals surface area contributed by atoms with Crippen molar-refractivity contribution in [2.75, 3.05) is 14.1 Å². The minimum atomic E-state index is -0.701. The Bertz CT molecular complexity index is 481. The molecule has 2 rings (SSSR count). The van der Waals surface area contributed by atoms with Crippen molar-refractivity contribution in [2.24, 2.45) is 11.8 Å². The van der Waals surface area contributed by atoms with E-state index in [1.165, 1.54) is 6.07 Å². The largest absolute Gasteiger partial charge is 0.481 e. The van der Waals surface area contributed by atoms with Crippen molar-refractivity contribution < 1.29 is 14.3 Å². The van der Waals surface area contributed by atoms with E-state index in [9.17, 15) is 9.18 Å². The summed E-state index contributed by atoms with van der Waals surface area (Å²) in [5.74, 6) is -0.132. The van der Waals surface area contributed by atoms with Gasteiger partial charge in [-0.2, -0.15) is 0 Å². The van der Waals surface area contributed by atoms with Gasteiger partial charge in [-0.15, -0.1) is 0 Å². The first-order valence-electron chi connectivity index (χ1n) is 7.61. The predicted octanol–water partition coefficient (Wildman–Crippen LogP) is 3.71. The van der Waals surface area contributed by atoms with Crippen LogP contribution in [0.1, 0.15) is 43.7 Å². The highest BCUT2D eigenvalue weighted by molar-refractivity contribution is 5.67. The normalized spacial score (nSPS) is 24.0. The van der Waals surface area contributed by atoms with E-state index in [2.05, 4.69) is 4.90 Å². The van der Waals surface area contributed by atoms with E-state index in [-0.39, 0.29) is 18.3 Å². The fourth-order valence-electron chi connectivity index (χ4n) is 3.64. The van der Waals surface area contributed by atoms with E-state index in [0.29, 0.717) is 11.8 Å². The summed E-state index contributed by atoms with van der Waals surface area (Å²) in [6.07, 6.45) is 4.21.